The van der Waals surface area contributed by atoms with Gasteiger partial charge in [0.1, 0.15) is 5.76 Å². The van der Waals surface area contributed by atoms with Crippen molar-refractivity contribution in [3.8, 4) is 0 Å². The van der Waals surface area contributed by atoms with E-state index in [-0.39, 0.29) is 0 Å². The normalized spacial score (nSPS) is 11.0. The minimum absolute atomic E-state index is 0.835. The molecule has 0 fully saturated rings. The first kappa shape index (κ1) is 12.7. The second-order valence-corrected chi connectivity index (χ2v) is 4.44. The molecule has 0 aliphatic heterocycles. The van der Waals surface area contributed by atoms with Crippen LogP contribution < -0.4 is 5.73 Å². The predicted molar refractivity (Wildman–Crippen MR) is 74.2 cm³/mol. The first-order valence-electron chi connectivity index (χ1n) is 6.37. The van der Waals surface area contributed by atoms with Gasteiger partial charge in [0, 0.05) is 12.2 Å². The molecular weight excluding hydrogens is 224 g/mol. The Labute approximate surface area is 108 Å². The molecule has 96 valence electrons. The molecule has 0 spiro atoms. The summed E-state index contributed by atoms with van der Waals surface area (Å²) in [6, 6.07) is 12.0. The second-order valence-electron chi connectivity index (χ2n) is 4.44. The smallest absolute Gasteiger partial charge is 0.117 e. The van der Waals surface area contributed by atoms with Gasteiger partial charge in [0.05, 0.1) is 12.8 Å². The third-order valence-corrected chi connectivity index (χ3v) is 3.07. The molecule has 0 aliphatic rings. The molecule has 3 heteroatoms. The van der Waals surface area contributed by atoms with E-state index in [0.29, 0.717) is 0 Å². The Balaban J connectivity index is 1.87. The number of hydrogen-bond acceptors (Lipinski definition) is 3. The molecule has 18 heavy (non-hydrogen) atoms. The standard InChI is InChI=1S/C15H20N2O/c1-2-17(12-15-7-4-10-18-15)9-8-13-5-3-6-14(16)11-13/h3-7,10-11H,2,8-9,12,16H2,1H3. The van der Waals surface area contributed by atoms with Gasteiger partial charge in [-0.15, -0.1) is 0 Å². The molecule has 0 unspecified atom stereocenters. The third-order valence-electron chi connectivity index (χ3n) is 3.07. The van der Waals surface area contributed by atoms with E-state index in [2.05, 4.69) is 17.9 Å². The molecule has 1 aromatic heterocycles. The van der Waals surface area contributed by atoms with Gasteiger partial charge in [0.25, 0.3) is 0 Å². The maximum atomic E-state index is 5.78. The van der Waals surface area contributed by atoms with Crippen LogP contribution in [-0.4, -0.2) is 18.0 Å². The van der Waals surface area contributed by atoms with Crippen molar-refractivity contribution in [2.24, 2.45) is 0 Å². The molecule has 0 radical (unpaired) electrons. The highest BCUT2D eigenvalue weighted by Gasteiger charge is 2.06. The van der Waals surface area contributed by atoms with Crippen molar-refractivity contribution in [2.45, 2.75) is 19.9 Å². The highest BCUT2D eigenvalue weighted by atomic mass is 16.3. The highest BCUT2D eigenvalue weighted by molar-refractivity contribution is 5.40. The monoisotopic (exact) mass is 244 g/mol. The molecular formula is C15H20N2O. The van der Waals surface area contributed by atoms with Crippen LogP contribution in [0.15, 0.2) is 47.1 Å². The van der Waals surface area contributed by atoms with Gasteiger partial charge in [0.2, 0.25) is 0 Å². The minimum Gasteiger partial charge on any atom is -0.468 e. The summed E-state index contributed by atoms with van der Waals surface area (Å²) >= 11 is 0. The molecule has 0 amide bonds. The highest BCUT2D eigenvalue weighted by Crippen LogP contribution is 2.10. The van der Waals surface area contributed by atoms with Crippen LogP contribution in [-0.2, 0) is 13.0 Å². The van der Waals surface area contributed by atoms with Crippen molar-refractivity contribution in [3.05, 3.63) is 54.0 Å². The molecule has 0 aliphatic carbocycles. The lowest BCUT2D eigenvalue weighted by molar-refractivity contribution is 0.259. The van der Waals surface area contributed by atoms with Crippen molar-refractivity contribution < 1.29 is 4.42 Å². The van der Waals surface area contributed by atoms with Gasteiger partial charge in [-0.25, -0.2) is 0 Å². The molecule has 0 saturated heterocycles. The fraction of sp³-hybridized carbons (Fsp3) is 0.333. The van der Waals surface area contributed by atoms with Crippen LogP contribution in [0.4, 0.5) is 5.69 Å². The molecule has 2 aromatic rings. The van der Waals surface area contributed by atoms with E-state index in [4.69, 9.17) is 10.2 Å². The third kappa shape index (κ3) is 3.64. The van der Waals surface area contributed by atoms with Crippen LogP contribution in [0, 0.1) is 0 Å². The van der Waals surface area contributed by atoms with E-state index in [9.17, 15) is 0 Å². The molecule has 1 aromatic carbocycles. The number of furan rings is 1. The number of hydrogen-bond donors (Lipinski definition) is 1. The zero-order valence-corrected chi connectivity index (χ0v) is 10.8. The summed E-state index contributed by atoms with van der Waals surface area (Å²) in [6.45, 7) is 5.07. The first-order chi connectivity index (χ1) is 8.78. The van der Waals surface area contributed by atoms with Crippen molar-refractivity contribution in [1.29, 1.82) is 0 Å². The summed E-state index contributed by atoms with van der Waals surface area (Å²) in [5.74, 6) is 1.02. The summed E-state index contributed by atoms with van der Waals surface area (Å²) in [4.78, 5) is 2.36. The lowest BCUT2D eigenvalue weighted by Gasteiger charge is -2.19. The van der Waals surface area contributed by atoms with Crippen LogP contribution in [0.1, 0.15) is 18.2 Å². The number of anilines is 1. The summed E-state index contributed by atoms with van der Waals surface area (Å²) < 4.78 is 5.38. The van der Waals surface area contributed by atoms with Gasteiger partial charge in [-0.2, -0.15) is 0 Å². The Kier molecular flexibility index (Phi) is 4.42. The summed E-state index contributed by atoms with van der Waals surface area (Å²) in [5.41, 5.74) is 7.90. The molecule has 0 bridgehead atoms. The second kappa shape index (κ2) is 6.26. The van der Waals surface area contributed by atoms with Gasteiger partial charge < -0.3 is 10.2 Å². The van der Waals surface area contributed by atoms with E-state index in [1.807, 2.05) is 30.3 Å². The summed E-state index contributed by atoms with van der Waals surface area (Å²) in [5, 5.41) is 0. The largest absolute Gasteiger partial charge is 0.468 e. The Morgan fingerprint density at radius 1 is 1.22 bits per heavy atom. The molecule has 0 saturated carbocycles. The van der Waals surface area contributed by atoms with E-state index < -0.39 is 0 Å². The van der Waals surface area contributed by atoms with Gasteiger partial charge in [-0.05, 0) is 42.8 Å². The molecule has 2 N–H and O–H groups in total. The Bertz CT molecular complexity index is 465. The quantitative estimate of drug-likeness (QED) is 0.794. The average molecular weight is 244 g/mol. The SMILES string of the molecule is CCN(CCc1cccc(N)c1)Cc1ccco1. The van der Waals surface area contributed by atoms with E-state index in [1.54, 1.807) is 6.26 Å². The average Bonchev–Trinajstić information content (AvgIpc) is 2.87. The molecule has 3 nitrogen and oxygen atoms in total. The summed E-state index contributed by atoms with van der Waals surface area (Å²) in [6.07, 6.45) is 2.74. The van der Waals surface area contributed by atoms with Crippen LogP contribution in [0.5, 0.6) is 0 Å². The van der Waals surface area contributed by atoms with Crippen LogP contribution in [0.2, 0.25) is 0 Å². The predicted octanol–water partition coefficient (Wildman–Crippen LogP) is 2.93. The molecule has 1 heterocycles. The number of nitrogens with zero attached hydrogens (tertiary/aromatic N) is 1. The number of nitrogen functional groups attached to an aromatic ring is 1. The van der Waals surface area contributed by atoms with E-state index >= 15 is 0 Å². The zero-order valence-electron chi connectivity index (χ0n) is 10.8. The van der Waals surface area contributed by atoms with E-state index in [0.717, 1.165) is 37.5 Å². The lowest BCUT2D eigenvalue weighted by Crippen LogP contribution is -2.25. The summed E-state index contributed by atoms with van der Waals surface area (Å²) in [7, 11) is 0. The van der Waals surface area contributed by atoms with Crippen LogP contribution in [0.3, 0.4) is 0 Å². The van der Waals surface area contributed by atoms with Crippen molar-refractivity contribution in [3.63, 3.8) is 0 Å². The number of likely N-dealkylation sites (N-methyl/N-ethyl adjacent to an activating group) is 1. The van der Waals surface area contributed by atoms with Crippen molar-refractivity contribution in [2.75, 3.05) is 18.8 Å². The zero-order chi connectivity index (χ0) is 12.8. The van der Waals surface area contributed by atoms with Crippen molar-refractivity contribution in [1.82, 2.24) is 4.90 Å². The molecule has 0 atom stereocenters. The van der Waals surface area contributed by atoms with Crippen LogP contribution >= 0.6 is 0 Å². The number of benzene rings is 1. The fourth-order valence-corrected chi connectivity index (χ4v) is 2.01. The lowest BCUT2D eigenvalue weighted by atomic mass is 10.1. The Morgan fingerprint density at radius 2 is 2.11 bits per heavy atom. The molecule has 2 rings (SSSR count). The van der Waals surface area contributed by atoms with Gasteiger partial charge in [0.15, 0.2) is 0 Å². The number of rotatable bonds is 6. The van der Waals surface area contributed by atoms with Gasteiger partial charge >= 0.3 is 0 Å². The Hall–Kier alpha value is -1.74. The van der Waals surface area contributed by atoms with Gasteiger partial charge in [-0.3, -0.25) is 4.90 Å². The fourth-order valence-electron chi connectivity index (χ4n) is 2.01. The number of nitrogens with two attached hydrogens (primary N) is 1. The van der Waals surface area contributed by atoms with Crippen LogP contribution in [0.25, 0.3) is 0 Å². The Morgan fingerprint density at radius 3 is 2.78 bits per heavy atom. The van der Waals surface area contributed by atoms with Crippen molar-refractivity contribution >= 4 is 5.69 Å². The minimum atomic E-state index is 0.835. The first-order valence-corrected chi connectivity index (χ1v) is 6.37. The maximum Gasteiger partial charge on any atom is 0.117 e. The van der Waals surface area contributed by atoms with Gasteiger partial charge in [-0.1, -0.05) is 19.1 Å². The topological polar surface area (TPSA) is 42.4 Å². The van der Waals surface area contributed by atoms with E-state index in [1.165, 1.54) is 5.56 Å². The maximum absolute atomic E-state index is 5.78.